The van der Waals surface area contributed by atoms with Gasteiger partial charge in [-0.3, -0.25) is 9.78 Å². The Bertz CT molecular complexity index is 1050. The van der Waals surface area contributed by atoms with Gasteiger partial charge in [-0.1, -0.05) is 0 Å². The first-order valence-electron chi connectivity index (χ1n) is 9.78. The summed E-state index contributed by atoms with van der Waals surface area (Å²) >= 11 is 0. The van der Waals surface area contributed by atoms with Crippen molar-refractivity contribution in [2.24, 2.45) is 0 Å². The van der Waals surface area contributed by atoms with Crippen molar-refractivity contribution in [2.45, 2.75) is 50.8 Å². The van der Waals surface area contributed by atoms with Crippen LogP contribution in [0.5, 0.6) is 0 Å². The summed E-state index contributed by atoms with van der Waals surface area (Å²) in [5, 5.41) is 9.20. The van der Waals surface area contributed by atoms with Crippen LogP contribution in [0, 0.1) is 0 Å². The maximum absolute atomic E-state index is 12.5. The number of anilines is 1. The highest BCUT2D eigenvalue weighted by atomic mass is 16.5. The zero-order valence-electron chi connectivity index (χ0n) is 15.5. The van der Waals surface area contributed by atoms with Crippen molar-refractivity contribution >= 4 is 16.7 Å². The number of rotatable bonds is 3. The Morgan fingerprint density at radius 2 is 2.07 bits per heavy atom. The van der Waals surface area contributed by atoms with Gasteiger partial charge in [-0.15, -0.1) is 0 Å². The van der Waals surface area contributed by atoms with E-state index in [1.54, 1.807) is 29.5 Å². The lowest BCUT2D eigenvalue weighted by Crippen LogP contribution is -2.35. The highest BCUT2D eigenvalue weighted by Crippen LogP contribution is 2.30. The molecule has 0 bridgehead atoms. The quantitative estimate of drug-likeness (QED) is 0.747. The lowest BCUT2D eigenvalue weighted by atomic mass is 9.91. The van der Waals surface area contributed by atoms with E-state index in [1.165, 1.54) is 0 Å². The molecule has 1 aliphatic carbocycles. The molecule has 1 N–H and O–H groups in total. The summed E-state index contributed by atoms with van der Waals surface area (Å²) in [6.45, 7) is 1.18. The van der Waals surface area contributed by atoms with E-state index in [0.29, 0.717) is 19.3 Å². The summed E-state index contributed by atoms with van der Waals surface area (Å²) in [5.41, 5.74) is 2.76. The molecule has 0 radical (unpaired) electrons. The molecule has 8 heteroatoms. The number of nitrogens with zero attached hydrogens (tertiary/aromatic N) is 5. The Kier molecular flexibility index (Phi) is 4.48. The summed E-state index contributed by atoms with van der Waals surface area (Å²) in [6, 6.07) is 4.12. The van der Waals surface area contributed by atoms with Crippen LogP contribution in [0.2, 0.25) is 0 Å². The molecule has 1 aliphatic heterocycles. The standard InChI is InChI=1S/C20H22N6O2/c27-19-9-13-11-28-8-6-17(13)25-26(19)15-3-1-14(2-4-15)24-20-16-5-7-21-10-18(16)22-12-23-20/h5,7,9-10,12,14-15H,1-4,6,8,11H2,(H,22,23,24). The van der Waals surface area contributed by atoms with Gasteiger partial charge >= 0.3 is 0 Å². The first-order valence-corrected chi connectivity index (χ1v) is 9.78. The molecule has 8 nitrogen and oxygen atoms in total. The van der Waals surface area contributed by atoms with Crippen LogP contribution in [0.15, 0.2) is 35.6 Å². The molecule has 5 rings (SSSR count). The largest absolute Gasteiger partial charge is 0.376 e. The fourth-order valence-electron chi connectivity index (χ4n) is 4.17. The normalized spacial score (nSPS) is 22.0. The Morgan fingerprint density at radius 1 is 1.18 bits per heavy atom. The van der Waals surface area contributed by atoms with E-state index in [-0.39, 0.29) is 11.6 Å². The SMILES string of the molecule is O=c1cc2c(nn1C1CCC(Nc3ncnc4cnccc34)CC1)CCOC2. The van der Waals surface area contributed by atoms with Crippen LogP contribution in [0.3, 0.4) is 0 Å². The summed E-state index contributed by atoms with van der Waals surface area (Å²) in [4.78, 5) is 25.3. The molecule has 4 heterocycles. The van der Waals surface area contributed by atoms with Gasteiger partial charge in [-0.05, 0) is 31.7 Å². The first-order chi connectivity index (χ1) is 13.8. The molecule has 0 unspecified atom stereocenters. The van der Waals surface area contributed by atoms with Crippen molar-refractivity contribution in [3.05, 3.63) is 52.5 Å². The number of pyridine rings is 1. The summed E-state index contributed by atoms with van der Waals surface area (Å²) in [7, 11) is 0. The number of fused-ring (bicyclic) bond motifs is 2. The van der Waals surface area contributed by atoms with E-state index >= 15 is 0 Å². The van der Waals surface area contributed by atoms with Crippen molar-refractivity contribution in [3.63, 3.8) is 0 Å². The van der Waals surface area contributed by atoms with E-state index in [1.807, 2.05) is 6.07 Å². The zero-order valence-corrected chi connectivity index (χ0v) is 15.5. The topological polar surface area (TPSA) is 94.8 Å². The number of hydrogen-bond acceptors (Lipinski definition) is 7. The van der Waals surface area contributed by atoms with E-state index in [4.69, 9.17) is 4.74 Å². The number of aromatic nitrogens is 5. The third-order valence-corrected chi connectivity index (χ3v) is 5.69. The predicted molar refractivity (Wildman–Crippen MR) is 104 cm³/mol. The van der Waals surface area contributed by atoms with Crippen LogP contribution in [0.1, 0.15) is 43.0 Å². The van der Waals surface area contributed by atoms with Gasteiger partial charge in [0.25, 0.3) is 5.56 Å². The lowest BCUT2D eigenvalue weighted by Gasteiger charge is -2.30. The Labute approximate surface area is 162 Å². The van der Waals surface area contributed by atoms with Crippen LogP contribution in [-0.2, 0) is 17.8 Å². The lowest BCUT2D eigenvalue weighted by molar-refractivity contribution is 0.107. The molecule has 3 aromatic rings. The van der Waals surface area contributed by atoms with Gasteiger partial charge in [0.05, 0.1) is 36.7 Å². The minimum Gasteiger partial charge on any atom is -0.376 e. The molecule has 2 aliphatic rings. The third-order valence-electron chi connectivity index (χ3n) is 5.69. The van der Waals surface area contributed by atoms with Crippen molar-refractivity contribution < 1.29 is 4.74 Å². The molecule has 0 amide bonds. The van der Waals surface area contributed by atoms with Crippen LogP contribution in [0.4, 0.5) is 5.82 Å². The molecule has 28 heavy (non-hydrogen) atoms. The second-order valence-electron chi connectivity index (χ2n) is 7.47. The van der Waals surface area contributed by atoms with Gasteiger partial charge in [-0.25, -0.2) is 14.6 Å². The molecular weight excluding hydrogens is 356 g/mol. The molecular formula is C20H22N6O2. The second-order valence-corrected chi connectivity index (χ2v) is 7.47. The molecule has 0 spiro atoms. The first kappa shape index (κ1) is 17.2. The van der Waals surface area contributed by atoms with Crippen molar-refractivity contribution in [2.75, 3.05) is 11.9 Å². The van der Waals surface area contributed by atoms with Crippen LogP contribution < -0.4 is 10.9 Å². The van der Waals surface area contributed by atoms with Gasteiger partial charge in [0.1, 0.15) is 12.1 Å². The highest BCUT2D eigenvalue weighted by Gasteiger charge is 2.25. The van der Waals surface area contributed by atoms with Gasteiger partial charge in [0, 0.05) is 35.7 Å². The minimum absolute atomic E-state index is 0.0186. The summed E-state index contributed by atoms with van der Waals surface area (Å²) in [5.74, 6) is 0.847. The smallest absolute Gasteiger partial charge is 0.267 e. The zero-order chi connectivity index (χ0) is 18.9. The number of nitrogens with one attached hydrogen (secondary N) is 1. The van der Waals surface area contributed by atoms with Crippen LogP contribution in [-0.4, -0.2) is 37.4 Å². The van der Waals surface area contributed by atoms with Crippen LogP contribution >= 0.6 is 0 Å². The van der Waals surface area contributed by atoms with E-state index in [9.17, 15) is 4.79 Å². The maximum Gasteiger partial charge on any atom is 0.267 e. The van der Waals surface area contributed by atoms with E-state index in [2.05, 4.69) is 25.4 Å². The molecule has 144 valence electrons. The molecule has 0 atom stereocenters. The van der Waals surface area contributed by atoms with Crippen molar-refractivity contribution in [1.82, 2.24) is 24.7 Å². The van der Waals surface area contributed by atoms with Crippen molar-refractivity contribution in [1.29, 1.82) is 0 Å². The predicted octanol–water partition coefficient (Wildman–Crippen LogP) is 2.25. The van der Waals surface area contributed by atoms with Gasteiger partial charge in [0.15, 0.2) is 0 Å². The average molecular weight is 378 g/mol. The summed E-state index contributed by atoms with van der Waals surface area (Å²) < 4.78 is 7.13. The molecule has 0 saturated heterocycles. The second kappa shape index (κ2) is 7.27. The fraction of sp³-hybridized carbons (Fsp3) is 0.450. The maximum atomic E-state index is 12.5. The molecule has 0 aromatic carbocycles. The highest BCUT2D eigenvalue weighted by molar-refractivity contribution is 5.87. The molecule has 1 fully saturated rings. The van der Waals surface area contributed by atoms with E-state index < -0.39 is 0 Å². The van der Waals surface area contributed by atoms with Gasteiger partial charge in [0.2, 0.25) is 0 Å². The summed E-state index contributed by atoms with van der Waals surface area (Å²) in [6.07, 6.45) is 9.63. The number of hydrogen-bond donors (Lipinski definition) is 1. The number of ether oxygens (including phenoxy) is 1. The Morgan fingerprint density at radius 3 is 2.96 bits per heavy atom. The fourth-order valence-corrected chi connectivity index (χ4v) is 4.17. The minimum atomic E-state index is -0.0186. The van der Waals surface area contributed by atoms with E-state index in [0.717, 1.165) is 60.1 Å². The Hall–Kier alpha value is -2.87. The van der Waals surface area contributed by atoms with Crippen LogP contribution in [0.25, 0.3) is 10.9 Å². The molecule has 1 saturated carbocycles. The van der Waals surface area contributed by atoms with Gasteiger partial charge in [-0.2, -0.15) is 5.10 Å². The van der Waals surface area contributed by atoms with Crippen molar-refractivity contribution in [3.8, 4) is 0 Å². The third kappa shape index (κ3) is 3.24. The molecule has 3 aromatic heterocycles. The monoisotopic (exact) mass is 378 g/mol. The Balaban J connectivity index is 1.30. The van der Waals surface area contributed by atoms with Gasteiger partial charge < -0.3 is 10.1 Å². The average Bonchev–Trinajstić information content (AvgIpc) is 2.74.